The Hall–Kier alpha value is -3.57. The molecule has 9 nitrogen and oxygen atoms in total. The average molecular weight is 583 g/mol. The second-order valence-electron chi connectivity index (χ2n) is 8.99. The van der Waals surface area contributed by atoms with Crippen molar-refractivity contribution in [2.45, 2.75) is 39.8 Å². The van der Waals surface area contributed by atoms with Crippen molar-refractivity contribution in [2.75, 3.05) is 45.5 Å². The Bertz CT molecular complexity index is 1110. The van der Waals surface area contributed by atoms with Crippen molar-refractivity contribution in [3.63, 3.8) is 0 Å². The van der Waals surface area contributed by atoms with E-state index in [9.17, 15) is 4.79 Å². The molecule has 0 unspecified atom stereocenters. The van der Waals surface area contributed by atoms with Gasteiger partial charge >= 0.3 is 14.9 Å². The van der Waals surface area contributed by atoms with Gasteiger partial charge < -0.3 is 37.7 Å². The Balaban J connectivity index is 1.59. The molecule has 0 aliphatic carbocycles. The van der Waals surface area contributed by atoms with Crippen LogP contribution in [0, 0.1) is 0 Å². The number of nitrogens with one attached hydrogen (secondary N) is 1. The van der Waals surface area contributed by atoms with E-state index in [4.69, 9.17) is 27.5 Å². The van der Waals surface area contributed by atoms with Gasteiger partial charge in [-0.15, -0.1) is 0 Å². The molecule has 0 fully saturated rings. The Labute approximate surface area is 244 Å². The predicted molar refractivity (Wildman–Crippen MR) is 162 cm³/mol. The second-order valence-corrected chi connectivity index (χ2v) is 11.7. The molecule has 3 aromatic carbocycles. The number of carbonyl (C=O) groups excluding carboxylic acids is 1. The molecule has 0 spiro atoms. The van der Waals surface area contributed by atoms with E-state index in [2.05, 4.69) is 10.2 Å². The summed E-state index contributed by atoms with van der Waals surface area (Å²) in [5.41, 5.74) is 3.79. The van der Waals surface area contributed by atoms with Crippen LogP contribution in [-0.2, 0) is 24.6 Å². The highest BCUT2D eigenvalue weighted by molar-refractivity contribution is 6.60. The van der Waals surface area contributed by atoms with Crippen LogP contribution in [0.25, 0.3) is 0 Å². The first-order chi connectivity index (χ1) is 20.0. The molecule has 222 valence electrons. The van der Waals surface area contributed by atoms with Crippen molar-refractivity contribution in [1.29, 1.82) is 0 Å². The molecular formula is C31H42N2O7Si. The van der Waals surface area contributed by atoms with Crippen LogP contribution in [0.4, 0.5) is 21.9 Å². The van der Waals surface area contributed by atoms with Crippen LogP contribution in [0.2, 0.25) is 6.04 Å². The normalized spacial score (nSPS) is 11.1. The van der Waals surface area contributed by atoms with Gasteiger partial charge in [0.25, 0.3) is 0 Å². The molecule has 0 atom stereocenters. The summed E-state index contributed by atoms with van der Waals surface area (Å²) in [5.74, 6) is 1.57. The van der Waals surface area contributed by atoms with Crippen molar-refractivity contribution in [2.24, 2.45) is 0 Å². The molecule has 0 radical (unpaired) electrons. The van der Waals surface area contributed by atoms with E-state index in [1.807, 2.05) is 93.6 Å². The molecule has 41 heavy (non-hydrogen) atoms. The first-order valence-electron chi connectivity index (χ1n) is 14.0. The fourth-order valence-electron chi connectivity index (χ4n) is 4.35. The lowest BCUT2D eigenvalue weighted by Crippen LogP contribution is -2.46. The fourth-order valence-corrected chi connectivity index (χ4v) is 6.96. The minimum absolute atomic E-state index is 0.159. The monoisotopic (exact) mass is 582 g/mol. The second kappa shape index (κ2) is 16.6. The highest BCUT2D eigenvalue weighted by Gasteiger charge is 2.39. The summed E-state index contributed by atoms with van der Waals surface area (Å²) in [6, 6.07) is 24.3. The van der Waals surface area contributed by atoms with E-state index in [0.29, 0.717) is 38.8 Å². The lowest BCUT2D eigenvalue weighted by atomic mass is 10.1. The zero-order valence-corrected chi connectivity index (χ0v) is 25.7. The number of rotatable bonds is 17. The third-order valence-electron chi connectivity index (χ3n) is 6.25. The maximum absolute atomic E-state index is 12.3. The first kappa shape index (κ1) is 31.9. The topological polar surface area (TPSA) is 87.7 Å². The van der Waals surface area contributed by atoms with E-state index in [1.54, 1.807) is 14.2 Å². The van der Waals surface area contributed by atoms with Gasteiger partial charge in [-0.05, 0) is 93.4 Å². The number of nitrogens with zero attached hydrogens (tertiary/aromatic N) is 1. The maximum Gasteiger partial charge on any atom is 0.500 e. The lowest BCUT2D eigenvalue weighted by molar-refractivity contribution is 0.0706. The fraction of sp³-hybridized carbons (Fsp3) is 0.387. The lowest BCUT2D eigenvalue weighted by Gasteiger charge is -2.28. The molecule has 0 aliphatic rings. The number of alkyl carbamates (subject to hydrolysis) is 1. The van der Waals surface area contributed by atoms with Crippen LogP contribution in [0.1, 0.15) is 32.8 Å². The summed E-state index contributed by atoms with van der Waals surface area (Å²) < 4.78 is 33.7. The highest BCUT2D eigenvalue weighted by Crippen LogP contribution is 2.36. The largest absolute Gasteiger partial charge is 0.500 e. The van der Waals surface area contributed by atoms with Crippen molar-refractivity contribution < 1.29 is 32.3 Å². The molecule has 10 heteroatoms. The predicted octanol–water partition coefficient (Wildman–Crippen LogP) is 6.84. The van der Waals surface area contributed by atoms with Gasteiger partial charge in [-0.2, -0.15) is 0 Å². The van der Waals surface area contributed by atoms with Crippen molar-refractivity contribution in [3.05, 3.63) is 78.4 Å². The third-order valence-corrected chi connectivity index (χ3v) is 9.40. The molecule has 3 aromatic rings. The quantitative estimate of drug-likeness (QED) is 0.137. The molecule has 0 aliphatic heterocycles. The Morgan fingerprint density at radius 2 is 1.15 bits per heavy atom. The molecule has 0 bridgehead atoms. The molecule has 3 rings (SSSR count). The zero-order chi connectivity index (χ0) is 29.5. The van der Waals surface area contributed by atoms with E-state index >= 15 is 0 Å². The van der Waals surface area contributed by atoms with Crippen LogP contribution >= 0.6 is 0 Å². The Morgan fingerprint density at radius 1 is 0.707 bits per heavy atom. The van der Waals surface area contributed by atoms with Crippen molar-refractivity contribution >= 4 is 32.0 Å². The van der Waals surface area contributed by atoms with Crippen LogP contribution in [-0.4, -0.2) is 55.5 Å². The minimum atomic E-state index is -2.72. The number of carbonyl (C=O) groups is 1. The SMILES string of the molecule is CCO[Si](CCCNC(=O)OCc1ccc(N(c2ccc(OC)cc2)c2ccc(OC)cc2)cc1)(OCC)OCC. The summed E-state index contributed by atoms with van der Waals surface area (Å²) in [5, 5.41) is 2.81. The van der Waals surface area contributed by atoms with Gasteiger partial charge in [-0.1, -0.05) is 12.1 Å². The van der Waals surface area contributed by atoms with Gasteiger partial charge in [0.05, 0.1) is 14.2 Å². The number of anilines is 3. The van der Waals surface area contributed by atoms with Gasteiger partial charge in [0.1, 0.15) is 18.1 Å². The number of ether oxygens (including phenoxy) is 3. The average Bonchev–Trinajstić information content (AvgIpc) is 3.00. The summed E-state index contributed by atoms with van der Waals surface area (Å²) in [4.78, 5) is 14.5. The number of hydrogen-bond donors (Lipinski definition) is 1. The molecule has 1 amide bonds. The first-order valence-corrected chi connectivity index (χ1v) is 15.9. The van der Waals surface area contributed by atoms with E-state index < -0.39 is 14.9 Å². The van der Waals surface area contributed by atoms with Gasteiger partial charge in [-0.3, -0.25) is 0 Å². The maximum atomic E-state index is 12.3. The molecule has 0 saturated carbocycles. The Kier molecular flexibility index (Phi) is 13.0. The third kappa shape index (κ3) is 9.50. The van der Waals surface area contributed by atoms with Crippen molar-refractivity contribution in [1.82, 2.24) is 5.32 Å². The van der Waals surface area contributed by atoms with Crippen LogP contribution in [0.3, 0.4) is 0 Å². The summed E-state index contributed by atoms with van der Waals surface area (Å²) >= 11 is 0. The number of methoxy groups -OCH3 is 2. The van der Waals surface area contributed by atoms with Crippen LogP contribution < -0.4 is 19.7 Å². The zero-order valence-electron chi connectivity index (χ0n) is 24.7. The van der Waals surface area contributed by atoms with Crippen molar-refractivity contribution in [3.8, 4) is 11.5 Å². The summed E-state index contributed by atoms with van der Waals surface area (Å²) in [6.45, 7) is 7.97. The van der Waals surface area contributed by atoms with Gasteiger partial charge in [0.15, 0.2) is 0 Å². The summed E-state index contributed by atoms with van der Waals surface area (Å²) in [7, 11) is 0.578. The van der Waals surface area contributed by atoms with Gasteiger partial charge in [0, 0.05) is 49.5 Å². The smallest absolute Gasteiger partial charge is 0.497 e. The minimum Gasteiger partial charge on any atom is -0.497 e. The summed E-state index contributed by atoms with van der Waals surface area (Å²) in [6.07, 6.45) is 0.200. The molecule has 1 N–H and O–H groups in total. The van der Waals surface area contributed by atoms with E-state index in [0.717, 1.165) is 34.1 Å². The molecule has 0 heterocycles. The van der Waals surface area contributed by atoms with E-state index in [-0.39, 0.29) is 6.61 Å². The highest BCUT2D eigenvalue weighted by atomic mass is 28.4. The van der Waals surface area contributed by atoms with Gasteiger partial charge in [0.2, 0.25) is 0 Å². The van der Waals surface area contributed by atoms with Gasteiger partial charge in [-0.25, -0.2) is 4.79 Å². The van der Waals surface area contributed by atoms with E-state index in [1.165, 1.54) is 0 Å². The Morgan fingerprint density at radius 3 is 1.56 bits per heavy atom. The number of hydrogen-bond acceptors (Lipinski definition) is 8. The van der Waals surface area contributed by atoms with Crippen LogP contribution in [0.15, 0.2) is 72.8 Å². The molecular weight excluding hydrogens is 540 g/mol. The number of benzene rings is 3. The number of amides is 1. The van der Waals surface area contributed by atoms with Crippen LogP contribution in [0.5, 0.6) is 11.5 Å². The standard InChI is InChI=1S/C31H42N2O7Si/c1-6-38-41(39-7-2,40-8-3)23-9-22-32-31(34)37-24-25-10-12-26(13-11-25)33(27-14-18-29(35-4)19-15-27)28-16-20-30(36-5)21-17-28/h10-21H,6-9,22-24H2,1-5H3,(H,32,34). The molecule has 0 saturated heterocycles. The molecule has 0 aromatic heterocycles.